The van der Waals surface area contributed by atoms with Gasteiger partial charge in [0.05, 0.1) is 18.9 Å². The lowest BCUT2D eigenvalue weighted by Crippen LogP contribution is -2.18. The third-order valence-corrected chi connectivity index (χ3v) is 3.06. The van der Waals surface area contributed by atoms with Gasteiger partial charge in [-0.2, -0.15) is 5.10 Å². The van der Waals surface area contributed by atoms with Gasteiger partial charge in [-0.1, -0.05) is 13.8 Å². The smallest absolute Gasteiger partial charge is 0.157 e. The number of ether oxygens (including phenoxy) is 1. The van der Waals surface area contributed by atoms with E-state index in [0.29, 0.717) is 18.6 Å². The first-order chi connectivity index (χ1) is 10.0. The second-order valence-electron chi connectivity index (χ2n) is 5.93. The van der Waals surface area contributed by atoms with Crippen LogP contribution in [0.25, 0.3) is 0 Å². The summed E-state index contributed by atoms with van der Waals surface area (Å²) >= 11 is 0. The molecule has 5 heteroatoms. The lowest BCUT2D eigenvalue weighted by Gasteiger charge is -2.05. The summed E-state index contributed by atoms with van der Waals surface area (Å²) in [6.07, 6.45) is 3.63. The summed E-state index contributed by atoms with van der Waals surface area (Å²) in [5.74, 6) is 3.17. The fourth-order valence-electron chi connectivity index (χ4n) is 1.91. The van der Waals surface area contributed by atoms with E-state index >= 15 is 0 Å². The molecule has 0 spiro atoms. The van der Waals surface area contributed by atoms with Gasteiger partial charge in [-0.05, 0) is 38.4 Å². The normalized spacial score (nSPS) is 11.5. The van der Waals surface area contributed by atoms with E-state index in [-0.39, 0.29) is 0 Å². The molecular formula is C16H25N3O2. The number of nitrogens with one attached hydrogen (secondary N) is 1. The molecule has 2 aromatic rings. The number of furan rings is 1. The lowest BCUT2D eigenvalue weighted by atomic mass is 10.2. The van der Waals surface area contributed by atoms with Crippen molar-refractivity contribution in [2.45, 2.75) is 46.9 Å². The van der Waals surface area contributed by atoms with Crippen molar-refractivity contribution in [2.75, 3.05) is 6.54 Å². The molecule has 21 heavy (non-hydrogen) atoms. The summed E-state index contributed by atoms with van der Waals surface area (Å²) in [5, 5.41) is 7.60. The van der Waals surface area contributed by atoms with Crippen LogP contribution in [0.4, 0.5) is 0 Å². The van der Waals surface area contributed by atoms with Crippen molar-refractivity contribution in [3.8, 4) is 5.75 Å². The van der Waals surface area contributed by atoms with E-state index in [9.17, 15) is 0 Å². The van der Waals surface area contributed by atoms with Crippen LogP contribution in [-0.2, 0) is 13.2 Å². The van der Waals surface area contributed by atoms with Gasteiger partial charge >= 0.3 is 0 Å². The van der Waals surface area contributed by atoms with Crippen LogP contribution in [-0.4, -0.2) is 16.3 Å². The van der Waals surface area contributed by atoms with Crippen LogP contribution in [0.5, 0.6) is 5.75 Å². The zero-order valence-corrected chi connectivity index (χ0v) is 13.3. The number of hydrogen-bond acceptors (Lipinski definition) is 4. The maximum Gasteiger partial charge on any atom is 0.157 e. The van der Waals surface area contributed by atoms with Crippen LogP contribution in [0.2, 0.25) is 0 Å². The average Bonchev–Trinajstić information content (AvgIpc) is 3.04. The summed E-state index contributed by atoms with van der Waals surface area (Å²) in [5.41, 5.74) is 0. The molecule has 0 radical (unpaired) electrons. The molecule has 5 nitrogen and oxygen atoms in total. The van der Waals surface area contributed by atoms with Gasteiger partial charge < -0.3 is 14.5 Å². The van der Waals surface area contributed by atoms with Crippen LogP contribution in [0.1, 0.15) is 45.3 Å². The standard InChI is InChI=1S/C16H25N3O2/c1-12(2)7-17-8-14-5-6-15(21-14)11-20-16-9-18-19(10-16)13(3)4/h5-6,9-10,12-13,17H,7-8,11H2,1-4H3. The van der Waals surface area contributed by atoms with E-state index in [1.165, 1.54) is 0 Å². The molecule has 0 amide bonds. The number of aromatic nitrogens is 2. The van der Waals surface area contributed by atoms with Crippen molar-refractivity contribution in [3.63, 3.8) is 0 Å². The number of nitrogens with zero attached hydrogens (tertiary/aromatic N) is 2. The molecule has 1 N–H and O–H groups in total. The van der Waals surface area contributed by atoms with E-state index in [4.69, 9.17) is 9.15 Å². The van der Waals surface area contributed by atoms with E-state index < -0.39 is 0 Å². The molecule has 2 rings (SSSR count). The second kappa shape index (κ2) is 7.31. The maximum atomic E-state index is 5.73. The molecule has 0 saturated carbocycles. The van der Waals surface area contributed by atoms with Crippen LogP contribution in [0, 0.1) is 5.92 Å². The Morgan fingerprint density at radius 1 is 1.24 bits per heavy atom. The predicted octanol–water partition coefficient (Wildman–Crippen LogP) is 3.38. The van der Waals surface area contributed by atoms with Gasteiger partial charge in [-0.3, -0.25) is 4.68 Å². The molecule has 0 bridgehead atoms. The van der Waals surface area contributed by atoms with Crippen molar-refractivity contribution < 1.29 is 9.15 Å². The van der Waals surface area contributed by atoms with Crippen molar-refractivity contribution in [3.05, 3.63) is 36.0 Å². The Labute approximate surface area is 126 Å². The largest absolute Gasteiger partial charge is 0.482 e. The first-order valence-corrected chi connectivity index (χ1v) is 7.50. The van der Waals surface area contributed by atoms with Gasteiger partial charge in [0.1, 0.15) is 18.1 Å². The Hall–Kier alpha value is -1.75. The molecule has 0 unspecified atom stereocenters. The van der Waals surface area contributed by atoms with E-state index in [1.807, 2.05) is 23.0 Å². The fraction of sp³-hybridized carbons (Fsp3) is 0.562. The summed E-state index contributed by atoms with van der Waals surface area (Å²) in [7, 11) is 0. The van der Waals surface area contributed by atoms with Gasteiger partial charge in [0.2, 0.25) is 0 Å². The fourth-order valence-corrected chi connectivity index (χ4v) is 1.91. The first-order valence-electron chi connectivity index (χ1n) is 7.50. The van der Waals surface area contributed by atoms with Gasteiger partial charge in [0.15, 0.2) is 5.75 Å². The van der Waals surface area contributed by atoms with E-state index in [1.54, 1.807) is 6.20 Å². The minimum atomic E-state index is 0.338. The van der Waals surface area contributed by atoms with Gasteiger partial charge in [-0.15, -0.1) is 0 Å². The highest BCUT2D eigenvalue weighted by Gasteiger charge is 2.06. The van der Waals surface area contributed by atoms with Crippen LogP contribution in [0.3, 0.4) is 0 Å². The van der Waals surface area contributed by atoms with Crippen LogP contribution < -0.4 is 10.1 Å². The van der Waals surface area contributed by atoms with Crippen molar-refractivity contribution in [2.24, 2.45) is 5.92 Å². The summed E-state index contributed by atoms with van der Waals surface area (Å²) in [6, 6.07) is 4.28. The molecule has 0 aliphatic rings. The van der Waals surface area contributed by atoms with Crippen molar-refractivity contribution in [1.29, 1.82) is 0 Å². The monoisotopic (exact) mass is 291 g/mol. The second-order valence-corrected chi connectivity index (χ2v) is 5.93. The SMILES string of the molecule is CC(C)CNCc1ccc(COc2cnn(C(C)C)c2)o1. The molecular weight excluding hydrogens is 266 g/mol. The summed E-state index contributed by atoms with van der Waals surface area (Å²) in [6.45, 7) is 10.7. The van der Waals surface area contributed by atoms with E-state index in [2.05, 4.69) is 38.1 Å². The van der Waals surface area contributed by atoms with Crippen LogP contribution >= 0.6 is 0 Å². The van der Waals surface area contributed by atoms with E-state index in [0.717, 1.165) is 30.4 Å². The molecule has 2 heterocycles. The minimum Gasteiger partial charge on any atom is -0.482 e. The molecule has 0 atom stereocenters. The number of rotatable bonds is 8. The zero-order valence-electron chi connectivity index (χ0n) is 13.3. The Morgan fingerprint density at radius 2 is 2.00 bits per heavy atom. The van der Waals surface area contributed by atoms with Crippen molar-refractivity contribution >= 4 is 0 Å². The first kappa shape index (κ1) is 15.6. The molecule has 0 fully saturated rings. The molecule has 0 aliphatic heterocycles. The molecule has 0 aliphatic carbocycles. The van der Waals surface area contributed by atoms with Gasteiger partial charge in [-0.25, -0.2) is 0 Å². The highest BCUT2D eigenvalue weighted by molar-refractivity contribution is 5.13. The Kier molecular flexibility index (Phi) is 5.44. The predicted molar refractivity (Wildman–Crippen MR) is 82.2 cm³/mol. The summed E-state index contributed by atoms with van der Waals surface area (Å²) in [4.78, 5) is 0. The highest BCUT2D eigenvalue weighted by Crippen LogP contribution is 2.15. The average molecular weight is 291 g/mol. The molecule has 0 saturated heterocycles. The Balaban J connectivity index is 1.79. The topological polar surface area (TPSA) is 52.2 Å². The summed E-state index contributed by atoms with van der Waals surface area (Å²) < 4.78 is 13.3. The lowest BCUT2D eigenvalue weighted by molar-refractivity contribution is 0.264. The van der Waals surface area contributed by atoms with Crippen molar-refractivity contribution in [1.82, 2.24) is 15.1 Å². The highest BCUT2D eigenvalue weighted by atomic mass is 16.5. The maximum absolute atomic E-state index is 5.73. The van der Waals surface area contributed by atoms with Crippen LogP contribution in [0.15, 0.2) is 28.9 Å². The minimum absolute atomic E-state index is 0.338. The molecule has 2 aromatic heterocycles. The Morgan fingerprint density at radius 3 is 2.67 bits per heavy atom. The third kappa shape index (κ3) is 4.93. The third-order valence-electron chi connectivity index (χ3n) is 3.06. The van der Waals surface area contributed by atoms with Gasteiger partial charge in [0, 0.05) is 6.04 Å². The quantitative estimate of drug-likeness (QED) is 0.810. The molecule has 116 valence electrons. The Bertz CT molecular complexity index is 543. The molecule has 0 aromatic carbocycles. The van der Waals surface area contributed by atoms with Gasteiger partial charge in [0.25, 0.3) is 0 Å². The number of hydrogen-bond donors (Lipinski definition) is 1. The zero-order chi connectivity index (χ0) is 15.2.